The number of hydrogen-bond acceptors (Lipinski definition) is 3. The minimum absolute atomic E-state index is 0.592. The molecule has 1 aromatic rings. The van der Waals surface area contributed by atoms with Crippen LogP contribution in [0.5, 0.6) is 0 Å². The van der Waals surface area contributed by atoms with Crippen molar-refractivity contribution in [3.05, 3.63) is 29.8 Å². The van der Waals surface area contributed by atoms with Gasteiger partial charge in [0.25, 0.3) is 0 Å². The molecule has 0 radical (unpaired) electrons. The molecule has 0 amide bonds. The molecule has 2 aliphatic rings. The fraction of sp³-hybridized carbons (Fsp3) is 0.600. The van der Waals surface area contributed by atoms with Crippen molar-refractivity contribution in [2.45, 2.75) is 18.3 Å². The molecule has 1 aromatic carbocycles. The number of hydrogen-bond donors (Lipinski definition) is 0. The fourth-order valence-corrected chi connectivity index (χ4v) is 3.36. The predicted molar refractivity (Wildman–Crippen MR) is 79.0 cm³/mol. The fourth-order valence-electron chi connectivity index (χ4n) is 3.13. The molecule has 19 heavy (non-hydrogen) atoms. The third-order valence-corrected chi connectivity index (χ3v) is 4.49. The summed E-state index contributed by atoms with van der Waals surface area (Å²) in [6.45, 7) is 6.18. The Hall–Kier alpha value is -0.770. The van der Waals surface area contributed by atoms with Gasteiger partial charge in [0.05, 0.1) is 13.2 Å². The van der Waals surface area contributed by atoms with Crippen LogP contribution in [0.15, 0.2) is 24.3 Å². The Bertz CT molecular complexity index is 420. The number of halogens is 1. The lowest BCUT2D eigenvalue weighted by Crippen LogP contribution is -2.44. The van der Waals surface area contributed by atoms with E-state index in [1.165, 1.54) is 17.7 Å². The Kier molecular flexibility index (Phi) is 4.26. The molecule has 2 aliphatic heterocycles. The third-order valence-electron chi connectivity index (χ3n) is 4.20. The number of morpholine rings is 1. The number of rotatable bonds is 3. The van der Waals surface area contributed by atoms with Gasteiger partial charge in [-0.15, -0.1) is 11.6 Å². The molecule has 4 heteroatoms. The number of alkyl halides is 1. The van der Waals surface area contributed by atoms with Crippen molar-refractivity contribution in [1.82, 2.24) is 4.90 Å². The molecule has 2 heterocycles. The maximum atomic E-state index is 6.04. The molecule has 3 nitrogen and oxygen atoms in total. The first-order valence-corrected chi connectivity index (χ1v) is 7.62. The van der Waals surface area contributed by atoms with Gasteiger partial charge in [0.1, 0.15) is 0 Å². The number of nitrogens with zero attached hydrogens (tertiary/aromatic N) is 2. The highest BCUT2D eigenvalue weighted by atomic mass is 35.5. The number of ether oxygens (including phenoxy) is 1. The van der Waals surface area contributed by atoms with Crippen LogP contribution in [0.25, 0.3) is 0 Å². The van der Waals surface area contributed by atoms with Crippen LogP contribution >= 0.6 is 11.6 Å². The lowest BCUT2D eigenvalue weighted by Gasteiger charge is -2.32. The SMILES string of the molecule is ClCc1ccccc1N1CCC(N2CCOCC2)C1. The minimum atomic E-state index is 0.592. The predicted octanol–water partition coefficient (Wildman–Crippen LogP) is 2.34. The van der Waals surface area contributed by atoms with E-state index >= 15 is 0 Å². The summed E-state index contributed by atoms with van der Waals surface area (Å²) in [6, 6.07) is 9.17. The average molecular weight is 281 g/mol. The lowest BCUT2D eigenvalue weighted by molar-refractivity contribution is 0.0209. The molecular weight excluding hydrogens is 260 g/mol. The van der Waals surface area contributed by atoms with E-state index in [-0.39, 0.29) is 0 Å². The van der Waals surface area contributed by atoms with E-state index in [9.17, 15) is 0 Å². The number of benzene rings is 1. The van der Waals surface area contributed by atoms with Gasteiger partial charge in [-0.2, -0.15) is 0 Å². The van der Waals surface area contributed by atoms with Gasteiger partial charge in [0.15, 0.2) is 0 Å². The normalized spacial score (nSPS) is 24.9. The summed E-state index contributed by atoms with van der Waals surface area (Å²) in [7, 11) is 0. The van der Waals surface area contributed by atoms with Crippen molar-refractivity contribution >= 4 is 17.3 Å². The van der Waals surface area contributed by atoms with Crippen molar-refractivity contribution in [3.8, 4) is 0 Å². The van der Waals surface area contributed by atoms with E-state index < -0.39 is 0 Å². The summed E-state index contributed by atoms with van der Waals surface area (Å²) in [5.41, 5.74) is 2.56. The molecule has 1 atom stereocenters. The van der Waals surface area contributed by atoms with Gasteiger partial charge in [-0.1, -0.05) is 18.2 Å². The summed E-state index contributed by atoms with van der Waals surface area (Å²) in [5, 5.41) is 0. The Labute approximate surface area is 120 Å². The quantitative estimate of drug-likeness (QED) is 0.791. The highest BCUT2D eigenvalue weighted by Crippen LogP contribution is 2.27. The average Bonchev–Trinajstić information content (AvgIpc) is 2.98. The molecule has 0 bridgehead atoms. The molecule has 3 rings (SSSR count). The van der Waals surface area contributed by atoms with Crippen LogP contribution in [0.4, 0.5) is 5.69 Å². The summed E-state index contributed by atoms with van der Waals surface area (Å²) in [4.78, 5) is 5.06. The van der Waals surface area contributed by atoms with Crippen molar-refractivity contribution < 1.29 is 4.74 Å². The van der Waals surface area contributed by atoms with E-state index in [4.69, 9.17) is 16.3 Å². The molecule has 2 fully saturated rings. The largest absolute Gasteiger partial charge is 0.379 e. The second kappa shape index (κ2) is 6.12. The summed E-state index contributed by atoms with van der Waals surface area (Å²) in [5.74, 6) is 0.592. The summed E-state index contributed by atoms with van der Waals surface area (Å²) >= 11 is 6.04. The van der Waals surface area contributed by atoms with Crippen molar-refractivity contribution in [2.75, 3.05) is 44.3 Å². The van der Waals surface area contributed by atoms with Gasteiger partial charge in [-0.05, 0) is 18.1 Å². The molecule has 0 aromatic heterocycles. The molecule has 1 unspecified atom stereocenters. The zero-order chi connectivity index (χ0) is 13.1. The molecule has 0 spiro atoms. The smallest absolute Gasteiger partial charge is 0.0594 e. The first kappa shape index (κ1) is 13.2. The molecule has 0 saturated carbocycles. The molecule has 0 aliphatic carbocycles. The lowest BCUT2D eigenvalue weighted by atomic mass is 10.2. The van der Waals surface area contributed by atoms with E-state index in [0.717, 1.165) is 39.4 Å². The second-order valence-electron chi connectivity index (χ2n) is 5.30. The first-order valence-electron chi connectivity index (χ1n) is 7.09. The maximum Gasteiger partial charge on any atom is 0.0594 e. The minimum Gasteiger partial charge on any atom is -0.379 e. The van der Waals surface area contributed by atoms with E-state index in [0.29, 0.717) is 11.9 Å². The highest BCUT2D eigenvalue weighted by Gasteiger charge is 2.29. The summed E-state index contributed by atoms with van der Waals surface area (Å²) < 4.78 is 5.43. The van der Waals surface area contributed by atoms with Crippen LogP contribution in [0.1, 0.15) is 12.0 Å². The van der Waals surface area contributed by atoms with Crippen LogP contribution in [-0.2, 0) is 10.6 Å². The monoisotopic (exact) mass is 280 g/mol. The topological polar surface area (TPSA) is 15.7 Å². The van der Waals surface area contributed by atoms with E-state index in [1.54, 1.807) is 0 Å². The summed E-state index contributed by atoms with van der Waals surface area (Å²) in [6.07, 6.45) is 1.25. The Balaban J connectivity index is 1.67. The van der Waals surface area contributed by atoms with Crippen LogP contribution in [0.3, 0.4) is 0 Å². The molecular formula is C15H21ClN2O. The zero-order valence-electron chi connectivity index (χ0n) is 11.2. The maximum absolute atomic E-state index is 6.04. The molecule has 2 saturated heterocycles. The van der Waals surface area contributed by atoms with E-state index in [2.05, 4.69) is 34.1 Å². The van der Waals surface area contributed by atoms with Crippen LogP contribution < -0.4 is 4.90 Å². The third kappa shape index (κ3) is 2.88. The van der Waals surface area contributed by atoms with Gasteiger partial charge in [-0.25, -0.2) is 0 Å². The van der Waals surface area contributed by atoms with Crippen molar-refractivity contribution in [1.29, 1.82) is 0 Å². The number of para-hydroxylation sites is 1. The van der Waals surface area contributed by atoms with Gasteiger partial charge < -0.3 is 9.64 Å². The molecule has 104 valence electrons. The van der Waals surface area contributed by atoms with Crippen LogP contribution in [0, 0.1) is 0 Å². The van der Waals surface area contributed by atoms with Crippen LogP contribution in [0.2, 0.25) is 0 Å². The Morgan fingerprint density at radius 2 is 1.95 bits per heavy atom. The standard InChI is InChI=1S/C15H21ClN2O/c16-11-13-3-1-2-4-15(13)18-6-5-14(12-18)17-7-9-19-10-8-17/h1-4,14H,5-12H2. The molecule has 0 N–H and O–H groups in total. The van der Waals surface area contributed by atoms with Crippen molar-refractivity contribution in [3.63, 3.8) is 0 Å². The zero-order valence-corrected chi connectivity index (χ0v) is 12.0. The Morgan fingerprint density at radius 1 is 1.16 bits per heavy atom. The van der Waals surface area contributed by atoms with Gasteiger partial charge >= 0.3 is 0 Å². The van der Waals surface area contributed by atoms with Gasteiger partial charge in [0, 0.05) is 43.8 Å². The van der Waals surface area contributed by atoms with Crippen molar-refractivity contribution in [2.24, 2.45) is 0 Å². The van der Waals surface area contributed by atoms with E-state index in [1.807, 2.05) is 0 Å². The Morgan fingerprint density at radius 3 is 2.74 bits per heavy atom. The van der Waals surface area contributed by atoms with Crippen LogP contribution in [-0.4, -0.2) is 50.3 Å². The number of anilines is 1. The van der Waals surface area contributed by atoms with Gasteiger partial charge in [-0.3, -0.25) is 4.90 Å². The van der Waals surface area contributed by atoms with Gasteiger partial charge in [0.2, 0.25) is 0 Å². The second-order valence-corrected chi connectivity index (χ2v) is 5.57. The first-order chi connectivity index (χ1) is 9.38. The highest BCUT2D eigenvalue weighted by molar-refractivity contribution is 6.17.